The van der Waals surface area contributed by atoms with Crippen LogP contribution in [0.2, 0.25) is 0 Å². The molecule has 0 saturated heterocycles. The molecule has 0 radical (unpaired) electrons. The maximum atomic E-state index is 11.0. The van der Waals surface area contributed by atoms with E-state index >= 15 is 0 Å². The number of ether oxygens (including phenoxy) is 1. The van der Waals surface area contributed by atoms with Gasteiger partial charge in [0.1, 0.15) is 17.6 Å². The summed E-state index contributed by atoms with van der Waals surface area (Å²) in [6.07, 6.45) is 13.2. The molecule has 1 atom stereocenters. The predicted molar refractivity (Wildman–Crippen MR) is 181 cm³/mol. The first-order valence-electron chi connectivity index (χ1n) is 15.0. The highest BCUT2D eigenvalue weighted by Crippen LogP contribution is 2.34. The third-order valence-electron chi connectivity index (χ3n) is 7.22. The van der Waals surface area contributed by atoms with Gasteiger partial charge in [-0.3, -0.25) is 0 Å². The summed E-state index contributed by atoms with van der Waals surface area (Å²) in [5.41, 5.74) is 7.69. The van der Waals surface area contributed by atoms with Gasteiger partial charge in [-0.05, 0) is 81.0 Å². The Kier molecular flexibility index (Phi) is 11.0. The maximum Gasteiger partial charge on any atom is 0.167 e. The van der Waals surface area contributed by atoms with Crippen LogP contribution < -0.4 is 4.74 Å². The second-order valence-electron chi connectivity index (χ2n) is 10.5. The molecule has 0 amide bonds. The van der Waals surface area contributed by atoms with E-state index in [4.69, 9.17) is 19.7 Å². The number of phenolic OH excluding ortho intramolecular Hbond substituents is 1. The molecule has 0 saturated carbocycles. The van der Waals surface area contributed by atoms with Crippen molar-refractivity contribution in [2.75, 3.05) is 6.61 Å². The van der Waals surface area contributed by atoms with Crippen LogP contribution >= 0.6 is 0 Å². The van der Waals surface area contributed by atoms with Gasteiger partial charge < -0.3 is 14.9 Å². The molecule has 2 N–H and O–H groups in total. The number of aliphatic hydroxyl groups excluding tert-OH is 1. The molecular weight excluding hydrogens is 546 g/mol. The van der Waals surface area contributed by atoms with Crippen LogP contribution in [-0.2, 0) is 0 Å². The molecule has 0 bridgehead atoms. The molecule has 0 spiro atoms. The summed E-state index contributed by atoms with van der Waals surface area (Å²) in [7, 11) is 0. The SMILES string of the molecule is CC=CC(=CC)c1ccc(-c2nc(-c3ccc(C(C=CCC)=CC)cc3)nc(-c3ccc(OC(C)CO)cc3O)n2)c(C)c1. The summed E-state index contributed by atoms with van der Waals surface area (Å²) in [5, 5.41) is 20.4. The van der Waals surface area contributed by atoms with Crippen LogP contribution in [0.25, 0.3) is 45.3 Å². The molecule has 4 aromatic rings. The number of nitrogens with zero attached hydrogens (tertiary/aromatic N) is 3. The van der Waals surface area contributed by atoms with E-state index in [-0.39, 0.29) is 12.4 Å². The van der Waals surface area contributed by atoms with E-state index in [2.05, 4.69) is 61.6 Å². The van der Waals surface area contributed by atoms with Gasteiger partial charge in [0.25, 0.3) is 0 Å². The fourth-order valence-corrected chi connectivity index (χ4v) is 4.84. The Hall–Kier alpha value is -4.81. The Morgan fingerprint density at radius 1 is 0.795 bits per heavy atom. The molecule has 1 aromatic heterocycles. The van der Waals surface area contributed by atoms with Gasteiger partial charge in [-0.25, -0.2) is 15.0 Å². The number of benzene rings is 3. The Bertz CT molecular complexity index is 1720. The summed E-state index contributed by atoms with van der Waals surface area (Å²) in [6, 6.07) is 19.4. The number of phenols is 1. The van der Waals surface area contributed by atoms with E-state index in [0.29, 0.717) is 28.8 Å². The quantitative estimate of drug-likeness (QED) is 0.170. The number of hydrogen-bond acceptors (Lipinski definition) is 6. The van der Waals surface area contributed by atoms with Crippen LogP contribution in [0.1, 0.15) is 57.7 Å². The minimum atomic E-state index is -0.402. The molecule has 0 aliphatic carbocycles. The van der Waals surface area contributed by atoms with Crippen molar-refractivity contribution in [3.8, 4) is 45.7 Å². The zero-order valence-corrected chi connectivity index (χ0v) is 26.4. The van der Waals surface area contributed by atoms with Crippen molar-refractivity contribution in [3.05, 3.63) is 114 Å². The predicted octanol–water partition coefficient (Wildman–Crippen LogP) is 9.00. The van der Waals surface area contributed by atoms with Crippen LogP contribution in [0, 0.1) is 6.92 Å². The van der Waals surface area contributed by atoms with Gasteiger partial charge in [-0.15, -0.1) is 0 Å². The van der Waals surface area contributed by atoms with Gasteiger partial charge in [-0.1, -0.05) is 85.8 Å². The van der Waals surface area contributed by atoms with Crippen LogP contribution in [-0.4, -0.2) is 37.9 Å². The van der Waals surface area contributed by atoms with Gasteiger partial charge in [0.05, 0.1) is 12.2 Å². The summed E-state index contributed by atoms with van der Waals surface area (Å²) in [4.78, 5) is 14.6. The Balaban J connectivity index is 1.84. The lowest BCUT2D eigenvalue weighted by molar-refractivity contribution is 0.129. The molecule has 0 aliphatic rings. The zero-order chi connectivity index (χ0) is 31.6. The third kappa shape index (κ3) is 7.57. The van der Waals surface area contributed by atoms with Gasteiger partial charge in [0, 0.05) is 17.2 Å². The smallest absolute Gasteiger partial charge is 0.167 e. The highest BCUT2D eigenvalue weighted by molar-refractivity contribution is 5.78. The minimum Gasteiger partial charge on any atom is -0.507 e. The first-order valence-corrected chi connectivity index (χ1v) is 15.0. The van der Waals surface area contributed by atoms with E-state index in [0.717, 1.165) is 45.4 Å². The molecule has 3 aromatic carbocycles. The number of rotatable bonds is 11. The van der Waals surface area contributed by atoms with Crippen molar-refractivity contribution in [1.29, 1.82) is 0 Å². The highest BCUT2D eigenvalue weighted by atomic mass is 16.5. The van der Waals surface area contributed by atoms with Crippen molar-refractivity contribution in [1.82, 2.24) is 15.0 Å². The molecule has 0 fully saturated rings. The Morgan fingerprint density at radius 2 is 1.41 bits per heavy atom. The van der Waals surface area contributed by atoms with E-state index in [9.17, 15) is 10.2 Å². The van der Waals surface area contributed by atoms with Gasteiger partial charge >= 0.3 is 0 Å². The largest absolute Gasteiger partial charge is 0.507 e. The molecule has 226 valence electrons. The number of aryl methyl sites for hydroxylation is 1. The summed E-state index contributed by atoms with van der Waals surface area (Å²) >= 11 is 0. The second-order valence-corrected chi connectivity index (χ2v) is 10.5. The van der Waals surface area contributed by atoms with Gasteiger partial charge in [-0.2, -0.15) is 0 Å². The van der Waals surface area contributed by atoms with Crippen molar-refractivity contribution in [3.63, 3.8) is 0 Å². The summed E-state index contributed by atoms with van der Waals surface area (Å²) in [6.45, 7) is 11.9. The van der Waals surface area contributed by atoms with Crippen molar-refractivity contribution >= 4 is 11.1 Å². The maximum absolute atomic E-state index is 11.0. The van der Waals surface area contributed by atoms with Gasteiger partial charge in [0.15, 0.2) is 17.5 Å². The van der Waals surface area contributed by atoms with Crippen molar-refractivity contribution < 1.29 is 14.9 Å². The van der Waals surface area contributed by atoms with Crippen molar-refractivity contribution in [2.24, 2.45) is 0 Å². The van der Waals surface area contributed by atoms with E-state index in [1.165, 1.54) is 6.07 Å². The van der Waals surface area contributed by atoms with Gasteiger partial charge in [0.2, 0.25) is 0 Å². The lowest BCUT2D eigenvalue weighted by Gasteiger charge is -2.14. The molecule has 44 heavy (non-hydrogen) atoms. The average Bonchev–Trinajstić information content (AvgIpc) is 3.04. The molecule has 1 heterocycles. The lowest BCUT2D eigenvalue weighted by atomic mass is 9.98. The Morgan fingerprint density at radius 3 is 2.00 bits per heavy atom. The first-order chi connectivity index (χ1) is 21.3. The van der Waals surface area contributed by atoms with Crippen LogP contribution in [0.4, 0.5) is 0 Å². The molecule has 6 nitrogen and oxygen atoms in total. The third-order valence-corrected chi connectivity index (χ3v) is 7.22. The fraction of sp³-hybridized carbons (Fsp3) is 0.237. The second kappa shape index (κ2) is 15.1. The topological polar surface area (TPSA) is 88.4 Å². The van der Waals surface area contributed by atoms with E-state index in [1.807, 2.05) is 52.0 Å². The standard InChI is InChI=1S/C38H41N3O3/c1-7-11-13-28(10-4)29-14-16-30(17-15-29)36-39-37(33-20-18-31(22-25(33)5)27(9-3)12-8-2)41-38(40-36)34-21-19-32(23-35(34)43)44-26(6)24-42/h8-23,26,42-43H,7,24H2,1-6H3. The monoisotopic (exact) mass is 587 g/mol. The summed E-state index contributed by atoms with van der Waals surface area (Å²) in [5.74, 6) is 1.78. The first kappa shape index (κ1) is 32.1. The molecule has 6 heteroatoms. The molecule has 0 aliphatic heterocycles. The number of aromatic nitrogens is 3. The highest BCUT2D eigenvalue weighted by Gasteiger charge is 2.17. The normalized spacial score (nSPS) is 13.2. The van der Waals surface area contributed by atoms with E-state index < -0.39 is 6.10 Å². The molecular formula is C38H41N3O3. The minimum absolute atomic E-state index is 0.0253. The van der Waals surface area contributed by atoms with Crippen molar-refractivity contribution in [2.45, 2.75) is 54.1 Å². The Labute approximate surface area is 260 Å². The van der Waals surface area contributed by atoms with E-state index in [1.54, 1.807) is 19.1 Å². The molecule has 1 unspecified atom stereocenters. The average molecular weight is 588 g/mol. The number of hydrogen-bond donors (Lipinski definition) is 2. The number of aliphatic hydroxyl groups is 1. The number of allylic oxidation sites excluding steroid dienone is 8. The van der Waals surface area contributed by atoms with Crippen LogP contribution in [0.15, 0.2) is 97.1 Å². The van der Waals surface area contributed by atoms with Crippen LogP contribution in [0.5, 0.6) is 11.5 Å². The zero-order valence-electron chi connectivity index (χ0n) is 26.4. The molecule has 4 rings (SSSR count). The van der Waals surface area contributed by atoms with Crippen LogP contribution in [0.3, 0.4) is 0 Å². The lowest BCUT2D eigenvalue weighted by Crippen LogP contribution is -2.16. The number of aromatic hydroxyl groups is 1. The summed E-state index contributed by atoms with van der Waals surface area (Å²) < 4.78 is 5.68. The fourth-order valence-electron chi connectivity index (χ4n) is 4.84.